The standard InChI is InChI=1S/C20H16N2O2/c1-14-5-4-8-18(11-14)23-13-19-21-20(24-22-19)17-10-9-15-6-2-3-7-16(15)12-17/h2-12H,13H2,1H3. The predicted molar refractivity (Wildman–Crippen MR) is 92.8 cm³/mol. The van der Waals surface area contributed by atoms with Gasteiger partial charge >= 0.3 is 0 Å². The molecule has 4 heteroatoms. The van der Waals surface area contributed by atoms with E-state index in [2.05, 4.69) is 28.3 Å². The predicted octanol–water partition coefficient (Wildman–Crippen LogP) is 4.78. The third kappa shape index (κ3) is 2.99. The van der Waals surface area contributed by atoms with Crippen molar-refractivity contribution in [1.29, 1.82) is 0 Å². The second-order valence-electron chi connectivity index (χ2n) is 5.68. The number of aryl methyl sites for hydroxylation is 1. The van der Waals surface area contributed by atoms with E-state index in [1.807, 2.05) is 55.5 Å². The summed E-state index contributed by atoms with van der Waals surface area (Å²) < 4.78 is 11.1. The molecule has 0 fully saturated rings. The monoisotopic (exact) mass is 316 g/mol. The van der Waals surface area contributed by atoms with Crippen molar-refractivity contribution in [3.63, 3.8) is 0 Å². The first-order valence-corrected chi connectivity index (χ1v) is 7.79. The van der Waals surface area contributed by atoms with Crippen LogP contribution in [0.5, 0.6) is 5.75 Å². The van der Waals surface area contributed by atoms with Crippen LogP contribution in [0.25, 0.3) is 22.2 Å². The van der Waals surface area contributed by atoms with Crippen molar-refractivity contribution in [3.8, 4) is 17.2 Å². The van der Waals surface area contributed by atoms with Gasteiger partial charge in [-0.2, -0.15) is 4.98 Å². The van der Waals surface area contributed by atoms with Gasteiger partial charge in [0.2, 0.25) is 5.82 Å². The van der Waals surface area contributed by atoms with Gasteiger partial charge in [-0.1, -0.05) is 47.6 Å². The fourth-order valence-electron chi connectivity index (χ4n) is 2.61. The van der Waals surface area contributed by atoms with Crippen molar-refractivity contribution >= 4 is 10.8 Å². The minimum atomic E-state index is 0.278. The summed E-state index contributed by atoms with van der Waals surface area (Å²) in [7, 11) is 0. The van der Waals surface area contributed by atoms with Crippen molar-refractivity contribution < 1.29 is 9.26 Å². The number of rotatable bonds is 4. The smallest absolute Gasteiger partial charge is 0.258 e. The lowest BCUT2D eigenvalue weighted by atomic mass is 10.1. The molecular weight excluding hydrogens is 300 g/mol. The number of aromatic nitrogens is 2. The Bertz CT molecular complexity index is 992. The average Bonchev–Trinajstić information content (AvgIpc) is 3.09. The molecule has 0 amide bonds. The van der Waals surface area contributed by atoms with Gasteiger partial charge in [0.1, 0.15) is 5.75 Å². The first-order valence-electron chi connectivity index (χ1n) is 7.79. The summed E-state index contributed by atoms with van der Waals surface area (Å²) in [5.74, 6) is 1.83. The van der Waals surface area contributed by atoms with Crippen molar-refractivity contribution in [2.45, 2.75) is 13.5 Å². The molecule has 4 rings (SSSR count). The molecule has 0 aliphatic heterocycles. The van der Waals surface area contributed by atoms with Gasteiger partial charge in [-0.05, 0) is 47.5 Å². The third-order valence-corrected chi connectivity index (χ3v) is 3.82. The molecule has 3 aromatic carbocycles. The van der Waals surface area contributed by atoms with E-state index in [9.17, 15) is 0 Å². The van der Waals surface area contributed by atoms with Crippen LogP contribution in [-0.4, -0.2) is 10.1 Å². The van der Waals surface area contributed by atoms with Gasteiger partial charge in [0.25, 0.3) is 5.89 Å². The molecule has 0 radical (unpaired) electrons. The van der Waals surface area contributed by atoms with Gasteiger partial charge < -0.3 is 9.26 Å². The lowest BCUT2D eigenvalue weighted by Crippen LogP contribution is -1.97. The minimum Gasteiger partial charge on any atom is -0.485 e. The van der Waals surface area contributed by atoms with Gasteiger partial charge in [0.15, 0.2) is 6.61 Å². The van der Waals surface area contributed by atoms with Crippen LogP contribution in [0.15, 0.2) is 71.3 Å². The van der Waals surface area contributed by atoms with Crippen molar-refractivity contribution in [2.75, 3.05) is 0 Å². The molecule has 24 heavy (non-hydrogen) atoms. The van der Waals surface area contributed by atoms with Gasteiger partial charge in [-0.15, -0.1) is 0 Å². The Hall–Kier alpha value is -3.14. The zero-order chi connectivity index (χ0) is 16.4. The Morgan fingerprint density at radius 2 is 1.79 bits per heavy atom. The Morgan fingerprint density at radius 3 is 2.67 bits per heavy atom. The fourth-order valence-corrected chi connectivity index (χ4v) is 2.61. The van der Waals surface area contributed by atoms with Crippen LogP contribution in [0, 0.1) is 6.92 Å². The maximum Gasteiger partial charge on any atom is 0.258 e. The van der Waals surface area contributed by atoms with Crippen LogP contribution in [-0.2, 0) is 6.61 Å². The quantitative estimate of drug-likeness (QED) is 0.544. The Balaban J connectivity index is 1.53. The van der Waals surface area contributed by atoms with E-state index in [0.29, 0.717) is 11.7 Å². The van der Waals surface area contributed by atoms with Crippen LogP contribution in [0.4, 0.5) is 0 Å². The molecule has 0 N–H and O–H groups in total. The number of fused-ring (bicyclic) bond motifs is 1. The summed E-state index contributed by atoms with van der Waals surface area (Å²) in [6.07, 6.45) is 0. The SMILES string of the molecule is Cc1cccc(OCc2noc(-c3ccc4ccccc4c3)n2)c1. The molecular formula is C20H16N2O2. The highest BCUT2D eigenvalue weighted by molar-refractivity contribution is 5.86. The van der Waals surface area contributed by atoms with Crippen LogP contribution in [0.3, 0.4) is 0 Å². The van der Waals surface area contributed by atoms with E-state index in [0.717, 1.165) is 22.3 Å². The minimum absolute atomic E-state index is 0.278. The molecule has 0 bridgehead atoms. The molecule has 4 nitrogen and oxygen atoms in total. The normalized spacial score (nSPS) is 10.9. The first kappa shape index (κ1) is 14.5. The number of nitrogens with zero attached hydrogens (tertiary/aromatic N) is 2. The largest absolute Gasteiger partial charge is 0.485 e. The van der Waals surface area contributed by atoms with Crippen LogP contribution < -0.4 is 4.74 Å². The average molecular weight is 316 g/mol. The molecule has 0 unspecified atom stereocenters. The molecule has 0 aliphatic carbocycles. The molecule has 118 valence electrons. The molecule has 0 saturated heterocycles. The van der Waals surface area contributed by atoms with E-state index < -0.39 is 0 Å². The summed E-state index contributed by atoms with van der Waals surface area (Å²) in [5, 5.41) is 6.33. The highest BCUT2D eigenvalue weighted by Gasteiger charge is 2.10. The molecule has 0 spiro atoms. The summed E-state index contributed by atoms with van der Waals surface area (Å²) in [6, 6.07) is 22.1. The molecule has 0 saturated carbocycles. The van der Waals surface area contributed by atoms with Crippen LogP contribution >= 0.6 is 0 Å². The Labute approximate surface area is 139 Å². The van der Waals surface area contributed by atoms with Crippen LogP contribution in [0.1, 0.15) is 11.4 Å². The van der Waals surface area contributed by atoms with E-state index >= 15 is 0 Å². The van der Waals surface area contributed by atoms with E-state index in [-0.39, 0.29) is 6.61 Å². The highest BCUT2D eigenvalue weighted by atomic mass is 16.5. The van der Waals surface area contributed by atoms with Crippen molar-refractivity contribution in [1.82, 2.24) is 10.1 Å². The summed E-state index contributed by atoms with van der Waals surface area (Å²) in [6.45, 7) is 2.31. The maximum atomic E-state index is 5.71. The Morgan fingerprint density at radius 1 is 0.917 bits per heavy atom. The number of ether oxygens (including phenoxy) is 1. The van der Waals surface area contributed by atoms with Gasteiger partial charge in [-0.25, -0.2) is 0 Å². The highest BCUT2D eigenvalue weighted by Crippen LogP contribution is 2.23. The second kappa shape index (κ2) is 6.16. The first-order chi connectivity index (χ1) is 11.8. The van der Waals surface area contributed by atoms with E-state index in [1.165, 1.54) is 5.39 Å². The van der Waals surface area contributed by atoms with Crippen LogP contribution in [0.2, 0.25) is 0 Å². The van der Waals surface area contributed by atoms with Gasteiger partial charge in [0, 0.05) is 5.56 Å². The zero-order valence-electron chi connectivity index (χ0n) is 13.3. The Kier molecular flexibility index (Phi) is 3.71. The number of hydrogen-bond acceptors (Lipinski definition) is 4. The lowest BCUT2D eigenvalue weighted by Gasteiger charge is -2.03. The second-order valence-corrected chi connectivity index (χ2v) is 5.68. The van der Waals surface area contributed by atoms with E-state index in [4.69, 9.17) is 9.26 Å². The lowest BCUT2D eigenvalue weighted by molar-refractivity contribution is 0.287. The van der Waals surface area contributed by atoms with E-state index in [1.54, 1.807) is 0 Å². The summed E-state index contributed by atoms with van der Waals surface area (Å²) in [4.78, 5) is 4.42. The molecule has 0 aliphatic rings. The number of hydrogen-bond donors (Lipinski definition) is 0. The third-order valence-electron chi connectivity index (χ3n) is 3.82. The topological polar surface area (TPSA) is 48.2 Å². The van der Waals surface area contributed by atoms with Gasteiger partial charge in [-0.3, -0.25) is 0 Å². The fraction of sp³-hybridized carbons (Fsp3) is 0.100. The summed E-state index contributed by atoms with van der Waals surface area (Å²) in [5.41, 5.74) is 2.06. The van der Waals surface area contributed by atoms with Crippen molar-refractivity contribution in [2.24, 2.45) is 0 Å². The molecule has 1 heterocycles. The molecule has 4 aromatic rings. The molecule has 0 atom stereocenters. The summed E-state index contributed by atoms with van der Waals surface area (Å²) >= 11 is 0. The van der Waals surface area contributed by atoms with Crippen molar-refractivity contribution in [3.05, 3.63) is 78.1 Å². The van der Waals surface area contributed by atoms with Gasteiger partial charge in [0.05, 0.1) is 0 Å². The maximum absolute atomic E-state index is 5.71. The molecule has 1 aromatic heterocycles. The number of benzene rings is 3. The zero-order valence-corrected chi connectivity index (χ0v) is 13.3.